The van der Waals surface area contributed by atoms with Gasteiger partial charge in [-0.2, -0.15) is 13.2 Å². The van der Waals surface area contributed by atoms with Gasteiger partial charge in [-0.1, -0.05) is 18.6 Å². The van der Waals surface area contributed by atoms with Crippen molar-refractivity contribution in [2.75, 3.05) is 26.2 Å². The van der Waals surface area contributed by atoms with Gasteiger partial charge in [0.1, 0.15) is 0 Å². The Bertz CT molecular complexity index is 633. The van der Waals surface area contributed by atoms with E-state index in [0.29, 0.717) is 5.56 Å². The van der Waals surface area contributed by atoms with E-state index in [4.69, 9.17) is 0 Å². The van der Waals surface area contributed by atoms with Crippen LogP contribution in [0, 0.1) is 0 Å². The molecule has 142 valence electrons. The Balaban J connectivity index is 1.58. The fourth-order valence-electron chi connectivity index (χ4n) is 3.80. The van der Waals surface area contributed by atoms with Gasteiger partial charge in [0.15, 0.2) is 0 Å². The van der Waals surface area contributed by atoms with E-state index in [2.05, 4.69) is 4.90 Å². The van der Waals surface area contributed by atoms with Gasteiger partial charge in [-0.15, -0.1) is 0 Å². The summed E-state index contributed by atoms with van der Waals surface area (Å²) >= 11 is 0. The van der Waals surface area contributed by atoms with Gasteiger partial charge in [-0.25, -0.2) is 0 Å². The maximum absolute atomic E-state index is 12.6. The summed E-state index contributed by atoms with van der Waals surface area (Å²) in [5.41, 5.74) is -0.0831. The van der Waals surface area contributed by atoms with Crippen molar-refractivity contribution in [3.05, 3.63) is 41.5 Å². The Hall–Kier alpha value is -1.82. The molecule has 3 nitrogen and oxygen atoms in total. The van der Waals surface area contributed by atoms with Gasteiger partial charge in [0.2, 0.25) is 5.91 Å². The van der Waals surface area contributed by atoms with Crippen molar-refractivity contribution < 1.29 is 18.0 Å². The van der Waals surface area contributed by atoms with Crippen LogP contribution in [-0.2, 0) is 11.0 Å². The predicted molar refractivity (Wildman–Crippen MR) is 95.5 cm³/mol. The average Bonchev–Trinajstić information content (AvgIpc) is 3.08. The van der Waals surface area contributed by atoms with E-state index < -0.39 is 11.7 Å². The molecule has 1 aromatic carbocycles. The lowest BCUT2D eigenvalue weighted by Crippen LogP contribution is -2.44. The van der Waals surface area contributed by atoms with Crippen LogP contribution in [0.4, 0.5) is 13.2 Å². The molecule has 6 heteroatoms. The molecule has 1 atom stereocenters. The minimum atomic E-state index is -4.34. The zero-order valence-electron chi connectivity index (χ0n) is 14.8. The zero-order valence-corrected chi connectivity index (χ0v) is 14.8. The SMILES string of the molecule is O=C(C=Cc1ccc(C(F)(F)F)cc1)N1CCC[C@H]1CN1CCCCC1. The van der Waals surface area contributed by atoms with Gasteiger partial charge in [-0.3, -0.25) is 4.79 Å². The molecule has 2 fully saturated rings. The summed E-state index contributed by atoms with van der Waals surface area (Å²) in [7, 11) is 0. The number of amides is 1. The number of halogens is 3. The second-order valence-electron chi connectivity index (χ2n) is 7.14. The Morgan fingerprint density at radius 3 is 2.38 bits per heavy atom. The molecule has 0 unspecified atom stereocenters. The fourth-order valence-corrected chi connectivity index (χ4v) is 3.80. The first kappa shape index (κ1) is 19.0. The van der Waals surface area contributed by atoms with Crippen molar-refractivity contribution in [3.8, 4) is 0 Å². The molecule has 2 aliphatic rings. The van der Waals surface area contributed by atoms with Crippen LogP contribution in [0.15, 0.2) is 30.3 Å². The Kier molecular flexibility index (Phi) is 6.01. The van der Waals surface area contributed by atoms with E-state index in [-0.39, 0.29) is 11.9 Å². The highest BCUT2D eigenvalue weighted by Gasteiger charge is 2.30. The average molecular weight is 366 g/mol. The smallest absolute Gasteiger partial charge is 0.335 e. The molecule has 2 saturated heterocycles. The topological polar surface area (TPSA) is 23.6 Å². The highest BCUT2D eigenvalue weighted by atomic mass is 19.4. The molecule has 0 aliphatic carbocycles. The van der Waals surface area contributed by atoms with Crippen LogP contribution in [0.5, 0.6) is 0 Å². The van der Waals surface area contributed by atoms with Crippen LogP contribution in [0.25, 0.3) is 6.08 Å². The molecule has 0 bridgehead atoms. The van der Waals surface area contributed by atoms with Gasteiger partial charge in [0.05, 0.1) is 5.56 Å². The third kappa shape index (κ3) is 4.87. The number of carbonyl (C=O) groups excluding carboxylic acids is 1. The number of rotatable bonds is 4. The van der Waals surface area contributed by atoms with Gasteiger partial charge < -0.3 is 9.80 Å². The Morgan fingerprint density at radius 1 is 1.04 bits per heavy atom. The lowest BCUT2D eigenvalue weighted by molar-refractivity contribution is -0.137. The fraction of sp³-hybridized carbons (Fsp3) is 0.550. The number of carbonyl (C=O) groups is 1. The van der Waals surface area contributed by atoms with Crippen molar-refractivity contribution in [1.29, 1.82) is 0 Å². The summed E-state index contributed by atoms with van der Waals surface area (Å²) < 4.78 is 37.8. The Morgan fingerprint density at radius 2 is 1.73 bits per heavy atom. The number of benzene rings is 1. The van der Waals surface area contributed by atoms with Crippen molar-refractivity contribution >= 4 is 12.0 Å². The number of piperidine rings is 1. The summed E-state index contributed by atoms with van der Waals surface area (Å²) in [5.74, 6) is -0.0515. The van der Waals surface area contributed by atoms with Crippen molar-refractivity contribution in [2.45, 2.75) is 44.3 Å². The number of alkyl halides is 3. The van der Waals surface area contributed by atoms with Crippen molar-refractivity contribution in [1.82, 2.24) is 9.80 Å². The molecule has 0 aromatic heterocycles. The summed E-state index contributed by atoms with van der Waals surface area (Å²) in [5, 5.41) is 0. The van der Waals surface area contributed by atoms with Crippen LogP contribution in [0.2, 0.25) is 0 Å². The van der Waals surface area contributed by atoms with Gasteiger partial charge >= 0.3 is 6.18 Å². The van der Waals surface area contributed by atoms with Crippen molar-refractivity contribution in [2.24, 2.45) is 0 Å². The normalized spacial score (nSPS) is 22.3. The van der Waals surface area contributed by atoms with Crippen LogP contribution >= 0.6 is 0 Å². The Labute approximate surface area is 152 Å². The molecular weight excluding hydrogens is 341 g/mol. The minimum Gasteiger partial charge on any atom is -0.335 e. The first-order valence-corrected chi connectivity index (χ1v) is 9.32. The lowest BCUT2D eigenvalue weighted by atomic mass is 10.1. The largest absolute Gasteiger partial charge is 0.416 e. The first-order chi connectivity index (χ1) is 12.4. The van der Waals surface area contributed by atoms with Crippen LogP contribution < -0.4 is 0 Å². The summed E-state index contributed by atoms with van der Waals surface area (Å²) in [4.78, 5) is 16.9. The molecule has 26 heavy (non-hydrogen) atoms. The maximum Gasteiger partial charge on any atom is 0.416 e. The molecule has 0 radical (unpaired) electrons. The molecule has 2 aliphatic heterocycles. The van der Waals surface area contributed by atoms with Crippen LogP contribution in [-0.4, -0.2) is 47.9 Å². The second kappa shape index (κ2) is 8.25. The molecule has 2 heterocycles. The zero-order chi connectivity index (χ0) is 18.6. The van der Waals surface area contributed by atoms with Crippen LogP contribution in [0.3, 0.4) is 0 Å². The second-order valence-corrected chi connectivity index (χ2v) is 7.14. The van der Waals surface area contributed by atoms with E-state index in [1.54, 1.807) is 6.08 Å². The summed E-state index contributed by atoms with van der Waals surface area (Å²) in [6, 6.07) is 5.11. The summed E-state index contributed by atoms with van der Waals surface area (Å²) in [6.45, 7) is 3.91. The van der Waals surface area contributed by atoms with Gasteiger partial charge in [-0.05, 0) is 62.5 Å². The molecule has 3 rings (SSSR count). The quantitative estimate of drug-likeness (QED) is 0.746. The highest BCUT2D eigenvalue weighted by Crippen LogP contribution is 2.29. The lowest BCUT2D eigenvalue weighted by Gasteiger charge is -2.32. The van der Waals surface area contributed by atoms with E-state index in [0.717, 1.165) is 51.2 Å². The molecule has 1 amide bonds. The third-order valence-corrected chi connectivity index (χ3v) is 5.23. The van der Waals surface area contributed by atoms with E-state index in [1.165, 1.54) is 37.5 Å². The number of hydrogen-bond acceptors (Lipinski definition) is 2. The number of likely N-dealkylation sites (tertiary alicyclic amines) is 2. The predicted octanol–water partition coefficient (Wildman–Crippen LogP) is 4.20. The maximum atomic E-state index is 12.6. The van der Waals surface area contributed by atoms with Crippen LogP contribution in [0.1, 0.15) is 43.2 Å². The molecular formula is C20H25F3N2O. The number of hydrogen-bond donors (Lipinski definition) is 0. The first-order valence-electron chi connectivity index (χ1n) is 9.32. The third-order valence-electron chi connectivity index (χ3n) is 5.23. The molecule has 1 aromatic rings. The van der Waals surface area contributed by atoms with E-state index >= 15 is 0 Å². The van der Waals surface area contributed by atoms with Gasteiger partial charge in [0, 0.05) is 25.2 Å². The monoisotopic (exact) mass is 366 g/mol. The van der Waals surface area contributed by atoms with Crippen molar-refractivity contribution in [3.63, 3.8) is 0 Å². The minimum absolute atomic E-state index is 0.0515. The van der Waals surface area contributed by atoms with E-state index in [9.17, 15) is 18.0 Å². The highest BCUT2D eigenvalue weighted by molar-refractivity contribution is 5.92. The van der Waals surface area contributed by atoms with Gasteiger partial charge in [0.25, 0.3) is 0 Å². The molecule has 0 N–H and O–H groups in total. The standard InChI is InChI=1S/C20H25F3N2O/c21-20(22,23)17-9-6-16(7-10-17)8-11-19(26)25-14-4-5-18(25)15-24-12-2-1-3-13-24/h6-11,18H,1-5,12-15H2/t18-/m0/s1. The number of nitrogens with zero attached hydrogens (tertiary/aromatic N) is 2. The molecule has 0 spiro atoms. The van der Waals surface area contributed by atoms with E-state index in [1.807, 2.05) is 4.90 Å². The summed E-state index contributed by atoms with van der Waals surface area (Å²) in [6.07, 6.45) is 4.53. The molecule has 0 saturated carbocycles.